The zero-order valence-electron chi connectivity index (χ0n) is 15.6. The number of carbonyl (C=O) groups is 3. The molecule has 5 nitrogen and oxygen atoms in total. The van der Waals surface area contributed by atoms with E-state index in [1.54, 1.807) is 29.2 Å². The Morgan fingerprint density at radius 3 is 2.19 bits per heavy atom. The van der Waals surface area contributed by atoms with Gasteiger partial charge < -0.3 is 9.64 Å². The van der Waals surface area contributed by atoms with Crippen LogP contribution < -0.4 is 4.74 Å². The van der Waals surface area contributed by atoms with Crippen molar-refractivity contribution >= 4 is 17.7 Å². The van der Waals surface area contributed by atoms with E-state index in [0.717, 1.165) is 5.56 Å². The number of hydrogen-bond acceptors (Lipinski definition) is 4. The first-order valence-corrected chi connectivity index (χ1v) is 9.13. The molecule has 1 saturated heterocycles. The minimum absolute atomic E-state index is 0.0136. The maximum absolute atomic E-state index is 12.7. The topological polar surface area (TPSA) is 63.7 Å². The highest BCUT2D eigenvalue weighted by molar-refractivity contribution is 5.96. The number of nitrogens with zero attached hydrogens (tertiary/aromatic N) is 1. The number of carbonyl (C=O) groups excluding carboxylic acids is 3. The van der Waals surface area contributed by atoms with Gasteiger partial charge in [0.15, 0.2) is 5.78 Å². The van der Waals surface area contributed by atoms with Crippen molar-refractivity contribution in [2.24, 2.45) is 5.92 Å². The van der Waals surface area contributed by atoms with Gasteiger partial charge in [-0.05, 0) is 62.6 Å². The molecular weight excluding hydrogens is 342 g/mol. The summed E-state index contributed by atoms with van der Waals surface area (Å²) in [6, 6.07) is 14.1. The number of esters is 1. The third-order valence-corrected chi connectivity index (χ3v) is 4.97. The monoisotopic (exact) mass is 365 g/mol. The van der Waals surface area contributed by atoms with Crippen LogP contribution in [0, 0.1) is 12.8 Å². The SMILES string of the molecule is CC(=O)c1ccc(OC(=O)C2CCN(C(=O)c3ccccc3C)CC2)cc1. The molecular formula is C22H23NO4. The number of amides is 1. The second kappa shape index (κ2) is 8.16. The summed E-state index contributed by atoms with van der Waals surface area (Å²) in [6.07, 6.45) is 1.17. The van der Waals surface area contributed by atoms with Crippen LogP contribution in [0.25, 0.3) is 0 Å². The van der Waals surface area contributed by atoms with E-state index in [2.05, 4.69) is 0 Å². The first-order chi connectivity index (χ1) is 13.0. The van der Waals surface area contributed by atoms with E-state index in [1.807, 2.05) is 31.2 Å². The first kappa shape index (κ1) is 18.8. The van der Waals surface area contributed by atoms with Crippen LogP contribution in [0.4, 0.5) is 0 Å². The van der Waals surface area contributed by atoms with Gasteiger partial charge in [0.25, 0.3) is 5.91 Å². The molecule has 0 saturated carbocycles. The van der Waals surface area contributed by atoms with Crippen molar-refractivity contribution in [3.63, 3.8) is 0 Å². The maximum atomic E-state index is 12.7. The van der Waals surface area contributed by atoms with Crippen LogP contribution in [0.2, 0.25) is 0 Å². The number of hydrogen-bond donors (Lipinski definition) is 0. The highest BCUT2D eigenvalue weighted by atomic mass is 16.5. The summed E-state index contributed by atoms with van der Waals surface area (Å²) in [4.78, 5) is 38.1. The summed E-state index contributed by atoms with van der Waals surface area (Å²) in [6.45, 7) is 4.49. The van der Waals surface area contributed by atoms with E-state index in [4.69, 9.17) is 4.74 Å². The molecule has 5 heteroatoms. The molecule has 0 spiro atoms. The summed E-state index contributed by atoms with van der Waals surface area (Å²) >= 11 is 0. The van der Waals surface area contributed by atoms with Crippen molar-refractivity contribution in [2.45, 2.75) is 26.7 Å². The Bertz CT molecular complexity index is 849. The molecule has 1 aliphatic rings. The fourth-order valence-electron chi connectivity index (χ4n) is 3.26. The Kier molecular flexibility index (Phi) is 5.69. The lowest BCUT2D eigenvalue weighted by Gasteiger charge is -2.31. The third kappa shape index (κ3) is 4.42. The van der Waals surface area contributed by atoms with E-state index >= 15 is 0 Å². The molecule has 1 fully saturated rings. The van der Waals surface area contributed by atoms with Crippen LogP contribution in [-0.2, 0) is 4.79 Å². The van der Waals surface area contributed by atoms with Crippen LogP contribution in [0.15, 0.2) is 48.5 Å². The van der Waals surface area contributed by atoms with E-state index in [9.17, 15) is 14.4 Å². The average Bonchev–Trinajstić information content (AvgIpc) is 2.68. The number of rotatable bonds is 4. The van der Waals surface area contributed by atoms with Crippen molar-refractivity contribution in [1.29, 1.82) is 0 Å². The summed E-state index contributed by atoms with van der Waals surface area (Å²) in [7, 11) is 0. The number of ether oxygens (including phenoxy) is 1. The molecule has 0 aliphatic carbocycles. The van der Waals surface area contributed by atoms with Gasteiger partial charge in [0.05, 0.1) is 5.92 Å². The minimum atomic E-state index is -0.284. The van der Waals surface area contributed by atoms with Crippen LogP contribution in [0.3, 0.4) is 0 Å². The predicted octanol–water partition coefficient (Wildman–Crippen LogP) is 3.66. The van der Waals surface area contributed by atoms with Crippen LogP contribution in [0.1, 0.15) is 46.0 Å². The number of piperidine rings is 1. The molecule has 1 heterocycles. The average molecular weight is 365 g/mol. The normalized spacial score (nSPS) is 14.7. The van der Waals surface area contributed by atoms with Gasteiger partial charge in [-0.1, -0.05) is 18.2 Å². The molecule has 0 atom stereocenters. The lowest BCUT2D eigenvalue weighted by Crippen LogP contribution is -2.41. The Labute approximate surface area is 158 Å². The molecule has 0 radical (unpaired) electrons. The summed E-state index contributed by atoms with van der Waals surface area (Å²) in [5.41, 5.74) is 2.25. The molecule has 0 bridgehead atoms. The second-order valence-corrected chi connectivity index (χ2v) is 6.88. The van der Waals surface area contributed by atoms with Crippen molar-refractivity contribution in [2.75, 3.05) is 13.1 Å². The molecule has 1 aliphatic heterocycles. The Morgan fingerprint density at radius 2 is 1.59 bits per heavy atom. The molecule has 0 aromatic heterocycles. The highest BCUT2D eigenvalue weighted by Crippen LogP contribution is 2.23. The van der Waals surface area contributed by atoms with Crippen molar-refractivity contribution in [3.05, 3.63) is 65.2 Å². The van der Waals surface area contributed by atoms with E-state index in [1.165, 1.54) is 6.92 Å². The Morgan fingerprint density at radius 1 is 0.963 bits per heavy atom. The van der Waals surface area contributed by atoms with Gasteiger partial charge >= 0.3 is 5.97 Å². The molecule has 0 N–H and O–H groups in total. The maximum Gasteiger partial charge on any atom is 0.314 e. The largest absolute Gasteiger partial charge is 0.426 e. The quantitative estimate of drug-likeness (QED) is 0.471. The molecule has 0 unspecified atom stereocenters. The molecule has 3 rings (SSSR count). The zero-order valence-corrected chi connectivity index (χ0v) is 15.6. The zero-order chi connectivity index (χ0) is 19.4. The number of Topliss-reactive ketones (excluding diaryl/α,β-unsaturated/α-hetero) is 1. The van der Waals surface area contributed by atoms with Crippen molar-refractivity contribution < 1.29 is 19.1 Å². The summed E-state index contributed by atoms with van der Waals surface area (Å²) < 4.78 is 5.43. The van der Waals surface area contributed by atoms with E-state index in [-0.39, 0.29) is 23.6 Å². The highest BCUT2D eigenvalue weighted by Gasteiger charge is 2.29. The van der Waals surface area contributed by atoms with Crippen molar-refractivity contribution in [1.82, 2.24) is 4.90 Å². The molecule has 27 heavy (non-hydrogen) atoms. The Balaban J connectivity index is 1.55. The van der Waals surface area contributed by atoms with Crippen LogP contribution in [-0.4, -0.2) is 35.6 Å². The fourth-order valence-corrected chi connectivity index (χ4v) is 3.26. The Hall–Kier alpha value is -2.95. The smallest absolute Gasteiger partial charge is 0.314 e. The number of aryl methyl sites for hydroxylation is 1. The lowest BCUT2D eigenvalue weighted by molar-refractivity contribution is -0.140. The minimum Gasteiger partial charge on any atom is -0.426 e. The van der Waals surface area contributed by atoms with Gasteiger partial charge in [0.2, 0.25) is 0 Å². The van der Waals surface area contributed by atoms with Gasteiger partial charge in [-0.15, -0.1) is 0 Å². The van der Waals surface area contributed by atoms with Gasteiger partial charge in [-0.3, -0.25) is 14.4 Å². The summed E-state index contributed by atoms with van der Waals surface area (Å²) in [5, 5.41) is 0. The van der Waals surface area contributed by atoms with E-state index < -0.39 is 0 Å². The third-order valence-electron chi connectivity index (χ3n) is 4.97. The van der Waals surface area contributed by atoms with Gasteiger partial charge in [0.1, 0.15) is 5.75 Å². The molecule has 2 aromatic carbocycles. The lowest BCUT2D eigenvalue weighted by atomic mass is 9.96. The first-order valence-electron chi connectivity index (χ1n) is 9.13. The second-order valence-electron chi connectivity index (χ2n) is 6.88. The van der Waals surface area contributed by atoms with Gasteiger partial charge in [-0.25, -0.2) is 0 Å². The van der Waals surface area contributed by atoms with Crippen LogP contribution >= 0.6 is 0 Å². The van der Waals surface area contributed by atoms with Gasteiger partial charge in [-0.2, -0.15) is 0 Å². The predicted molar refractivity (Wildman–Crippen MR) is 102 cm³/mol. The summed E-state index contributed by atoms with van der Waals surface area (Å²) in [5.74, 6) is -0.0892. The standard InChI is InChI=1S/C22H23NO4/c1-15-5-3-4-6-20(15)21(25)23-13-11-18(12-14-23)22(26)27-19-9-7-17(8-10-19)16(2)24/h3-10,18H,11-14H2,1-2H3. The molecule has 2 aromatic rings. The molecule has 1 amide bonds. The van der Waals surface area contributed by atoms with Crippen molar-refractivity contribution in [3.8, 4) is 5.75 Å². The number of ketones is 1. The number of benzene rings is 2. The van der Waals surface area contributed by atoms with E-state index in [0.29, 0.717) is 42.8 Å². The number of likely N-dealkylation sites (tertiary alicyclic amines) is 1. The fraction of sp³-hybridized carbons (Fsp3) is 0.318. The van der Waals surface area contributed by atoms with Crippen LogP contribution in [0.5, 0.6) is 5.75 Å². The van der Waals surface area contributed by atoms with Gasteiger partial charge in [0, 0.05) is 24.2 Å². The molecule has 140 valence electrons.